The van der Waals surface area contributed by atoms with Crippen LogP contribution in [0.25, 0.3) is 0 Å². The molecule has 4 heterocycles. The van der Waals surface area contributed by atoms with Crippen LogP contribution in [0.1, 0.15) is 40.5 Å². The topological polar surface area (TPSA) is 498 Å². The minimum atomic E-state index is -3.20. The van der Waals surface area contributed by atoms with Crippen LogP contribution in [0.5, 0.6) is 0 Å². The van der Waals surface area contributed by atoms with Crippen molar-refractivity contribution in [1.82, 2.24) is 21.3 Å². The summed E-state index contributed by atoms with van der Waals surface area (Å²) < 4.78 is 39.3. The first kappa shape index (κ1) is 57.6. The number of hydrogen-bond acceptors (Lipinski definition) is 25. The number of aliphatic hydroxyl groups is 12. The number of amides is 4. The molecule has 4 amide bonds. The highest BCUT2D eigenvalue weighted by atomic mass is 16.8. The Morgan fingerprint density at radius 1 is 0.623 bits per heavy atom. The second-order valence-corrected chi connectivity index (χ2v) is 17.0. The molecule has 396 valence electrons. The fourth-order valence-corrected chi connectivity index (χ4v) is 8.30. The number of carboxylic acid groups (broad SMARTS) is 2. The molecule has 0 aliphatic carbocycles. The monoisotopic (exact) mass is 1010 g/mol. The average molecular weight is 1010 g/mol. The molecule has 0 aromatic carbocycles. The summed E-state index contributed by atoms with van der Waals surface area (Å²) in [6, 6.07) is -5.09. The van der Waals surface area contributed by atoms with Gasteiger partial charge >= 0.3 is 11.9 Å². The summed E-state index contributed by atoms with van der Waals surface area (Å²) in [6.07, 6.45) is -38.0. The predicted octanol–water partition coefficient (Wildman–Crippen LogP) is -10.8. The van der Waals surface area contributed by atoms with Crippen molar-refractivity contribution in [3.05, 3.63) is 0 Å². The molecule has 0 spiro atoms. The van der Waals surface area contributed by atoms with E-state index in [9.17, 15) is 100 Å². The van der Waals surface area contributed by atoms with Crippen LogP contribution in [-0.4, -0.2) is 267 Å². The number of carbonyl (C=O) groups is 6. The van der Waals surface area contributed by atoms with Gasteiger partial charge in [0.05, 0.1) is 50.2 Å². The maximum atomic E-state index is 12.9. The number of hydrogen-bond donors (Lipinski definition) is 18. The van der Waals surface area contributed by atoms with Crippen molar-refractivity contribution in [3.63, 3.8) is 0 Å². The van der Waals surface area contributed by atoms with Crippen LogP contribution in [0, 0.1) is 0 Å². The number of ether oxygens (including phenoxy) is 7. The van der Waals surface area contributed by atoms with E-state index in [0.717, 1.165) is 27.7 Å². The number of carbonyl (C=O) groups excluding carboxylic acids is 4. The largest absolute Gasteiger partial charge is 0.477 e. The van der Waals surface area contributed by atoms with Crippen LogP contribution in [0.3, 0.4) is 0 Å². The zero-order valence-electron chi connectivity index (χ0n) is 37.4. The van der Waals surface area contributed by atoms with Gasteiger partial charge < -0.3 is 126 Å². The first-order valence-corrected chi connectivity index (χ1v) is 21.3. The van der Waals surface area contributed by atoms with Crippen LogP contribution < -0.4 is 21.3 Å². The number of carboxylic acids is 2. The van der Waals surface area contributed by atoms with E-state index in [1.165, 1.54) is 0 Å². The highest BCUT2D eigenvalue weighted by Gasteiger charge is 2.61. The van der Waals surface area contributed by atoms with Crippen LogP contribution in [0.4, 0.5) is 0 Å². The van der Waals surface area contributed by atoms with Gasteiger partial charge in [0.15, 0.2) is 12.6 Å². The normalized spacial score (nSPS) is 40.0. The van der Waals surface area contributed by atoms with Crippen LogP contribution in [0.2, 0.25) is 0 Å². The van der Waals surface area contributed by atoms with E-state index in [4.69, 9.17) is 33.2 Å². The average Bonchev–Trinajstić information content (AvgIpc) is 3.27. The lowest BCUT2D eigenvalue weighted by Gasteiger charge is -2.51. The number of rotatable bonds is 20. The second-order valence-electron chi connectivity index (χ2n) is 17.0. The molecule has 4 fully saturated rings. The summed E-state index contributed by atoms with van der Waals surface area (Å²) >= 11 is 0. The fraction of sp³-hybridized carbons (Fsp3) is 0.842. The van der Waals surface area contributed by atoms with Gasteiger partial charge in [0.2, 0.25) is 23.6 Å². The van der Waals surface area contributed by atoms with Crippen molar-refractivity contribution >= 4 is 35.6 Å². The van der Waals surface area contributed by atoms with E-state index in [-0.39, 0.29) is 0 Å². The Kier molecular flexibility index (Phi) is 20.0. The molecule has 31 nitrogen and oxygen atoms in total. The van der Waals surface area contributed by atoms with E-state index in [2.05, 4.69) is 21.3 Å². The Morgan fingerprint density at radius 3 is 1.58 bits per heavy atom. The Labute approximate surface area is 390 Å². The smallest absolute Gasteiger partial charge is 0.364 e. The molecule has 1 unspecified atom stereocenters. The van der Waals surface area contributed by atoms with Gasteiger partial charge in [-0.05, 0) is 0 Å². The Bertz CT molecular complexity index is 1800. The third-order valence-corrected chi connectivity index (χ3v) is 11.7. The van der Waals surface area contributed by atoms with Crippen molar-refractivity contribution in [1.29, 1.82) is 0 Å². The summed E-state index contributed by atoms with van der Waals surface area (Å²) in [6.45, 7) is 0.0276. The fourth-order valence-electron chi connectivity index (χ4n) is 8.30. The van der Waals surface area contributed by atoms with Crippen molar-refractivity contribution in [3.8, 4) is 0 Å². The Balaban J connectivity index is 1.66. The van der Waals surface area contributed by atoms with Gasteiger partial charge in [-0.2, -0.15) is 0 Å². The molecular formula is C38H62N4O27. The molecule has 0 aromatic rings. The molecule has 4 aliphatic heterocycles. The number of aliphatic carboxylic acids is 2. The van der Waals surface area contributed by atoms with Gasteiger partial charge in [-0.15, -0.1) is 0 Å². The zero-order chi connectivity index (χ0) is 52.0. The van der Waals surface area contributed by atoms with Gasteiger partial charge in [-0.3, -0.25) is 19.2 Å². The molecule has 4 rings (SSSR count). The van der Waals surface area contributed by atoms with Gasteiger partial charge in [-0.1, -0.05) is 0 Å². The van der Waals surface area contributed by atoms with Crippen LogP contribution >= 0.6 is 0 Å². The molecule has 69 heavy (non-hydrogen) atoms. The Morgan fingerprint density at radius 2 is 1.10 bits per heavy atom. The van der Waals surface area contributed by atoms with E-state index in [0.29, 0.717) is 0 Å². The summed E-state index contributed by atoms with van der Waals surface area (Å²) in [5, 5.41) is 160. The highest BCUT2D eigenvalue weighted by Crippen LogP contribution is 2.39. The van der Waals surface area contributed by atoms with E-state index in [1.807, 2.05) is 0 Å². The molecule has 18 N–H and O–H groups in total. The quantitative estimate of drug-likeness (QED) is 0.0538. The summed E-state index contributed by atoms with van der Waals surface area (Å²) in [4.78, 5) is 73.6. The molecule has 22 atom stereocenters. The highest BCUT2D eigenvalue weighted by molar-refractivity contribution is 5.77. The Hall–Kier alpha value is -3.94. The minimum absolute atomic E-state index is 0.611. The van der Waals surface area contributed by atoms with E-state index >= 15 is 0 Å². The molecular weight excluding hydrogens is 944 g/mol. The first-order chi connectivity index (χ1) is 32.1. The van der Waals surface area contributed by atoms with Gasteiger partial charge in [-0.25, -0.2) is 9.59 Å². The summed E-state index contributed by atoms with van der Waals surface area (Å²) in [7, 11) is 0. The van der Waals surface area contributed by atoms with Gasteiger partial charge in [0.1, 0.15) is 79.3 Å². The van der Waals surface area contributed by atoms with Gasteiger partial charge in [0, 0.05) is 47.1 Å². The van der Waals surface area contributed by atoms with Crippen molar-refractivity contribution in [2.24, 2.45) is 0 Å². The molecule has 0 saturated carbocycles. The third kappa shape index (κ3) is 13.3. The molecule has 31 heteroatoms. The lowest BCUT2D eigenvalue weighted by molar-refractivity contribution is -0.382. The summed E-state index contributed by atoms with van der Waals surface area (Å²) in [5.74, 6) is -13.4. The van der Waals surface area contributed by atoms with Crippen LogP contribution in [0.15, 0.2) is 0 Å². The van der Waals surface area contributed by atoms with E-state index in [1.54, 1.807) is 0 Å². The predicted molar refractivity (Wildman–Crippen MR) is 215 cm³/mol. The SMILES string of the molecule is CC(=O)NC[C@@H](O)[C@@H](O)[C@@H]1O[C@@](OC[C@H]2OC(O)[C@H](NC(C)=O)[C@@H](O[C@@H]3O[C@H](CO)[C@H](O)[C@H](O[C@]4(C(=O)O)C[C@H](O)[C@@H](NC(C)=O)[C@H]([C@H](O)[C@H](O)CO)O4)[C@H]3O)[C@H]2O)(C(=O)O)C[C@H](O)[C@H]1NC(C)=O. The maximum Gasteiger partial charge on any atom is 0.364 e. The standard InChI is InChI=1S/C38H62N4O27/c1-11(45)39-7-17(51)24(53)30-21(40-12(2)46)15(49)5-37(67-30,35(59)60)63-10-20-27(56)29(23(33(58)64-20)42-14(4)48)66-34-28(57)32(26(55)19(9-44)65-34)69-38(36(61)62)6-16(50)22(41-13(3)47)31(68-38)25(54)18(52)8-43/h15-34,43-44,49-58H,5-10H2,1-4H3,(H,39,45)(H,40,46)(H,41,47)(H,42,48)(H,59,60)(H,61,62)/t15-,16-,17+,18+,19+,20+,21+,22+,23+,24+,25+,26-,27-,28+,29+,30+,31+,32-,33?,34-,37+,38-/m0/s1. The molecule has 0 radical (unpaired) electrons. The summed E-state index contributed by atoms with van der Waals surface area (Å²) in [5.41, 5.74) is 0. The van der Waals surface area contributed by atoms with Crippen molar-refractivity contribution < 1.29 is 133 Å². The van der Waals surface area contributed by atoms with Crippen molar-refractivity contribution in [2.45, 2.75) is 174 Å². The zero-order valence-corrected chi connectivity index (χ0v) is 37.4. The second kappa shape index (κ2) is 24.0. The van der Waals surface area contributed by atoms with Crippen molar-refractivity contribution in [2.75, 3.05) is 26.4 Å². The molecule has 4 aliphatic rings. The minimum Gasteiger partial charge on any atom is -0.477 e. The first-order valence-electron chi connectivity index (χ1n) is 21.3. The third-order valence-electron chi connectivity index (χ3n) is 11.7. The molecule has 0 bridgehead atoms. The maximum absolute atomic E-state index is 12.9. The molecule has 0 aromatic heterocycles. The molecule has 4 saturated heterocycles. The lowest BCUT2D eigenvalue weighted by Crippen LogP contribution is -2.71. The van der Waals surface area contributed by atoms with E-state index < -0.39 is 209 Å². The van der Waals surface area contributed by atoms with Crippen LogP contribution in [-0.2, 0) is 61.9 Å². The van der Waals surface area contributed by atoms with Gasteiger partial charge in [0.25, 0.3) is 11.6 Å². The number of nitrogens with one attached hydrogen (secondary N) is 4. The lowest BCUT2D eigenvalue weighted by atomic mass is 9.88. The number of aliphatic hydroxyl groups excluding tert-OH is 12.